The minimum absolute atomic E-state index is 0.0176. The van der Waals surface area contributed by atoms with E-state index in [0.717, 1.165) is 6.20 Å². The molecule has 0 atom stereocenters. The zero-order valence-electron chi connectivity index (χ0n) is 17.5. The molecule has 170 valence electrons. The molecule has 0 aliphatic carbocycles. The van der Waals surface area contributed by atoms with Crippen LogP contribution < -0.4 is 10.9 Å². The van der Waals surface area contributed by atoms with E-state index in [2.05, 4.69) is 25.4 Å². The second-order valence-electron chi connectivity index (χ2n) is 7.50. The van der Waals surface area contributed by atoms with Crippen LogP contribution in [0.3, 0.4) is 0 Å². The summed E-state index contributed by atoms with van der Waals surface area (Å²) in [7, 11) is 0. The molecule has 0 fully saturated rings. The topological polar surface area (TPSA) is 106 Å². The van der Waals surface area contributed by atoms with Gasteiger partial charge in [-0.05, 0) is 37.3 Å². The van der Waals surface area contributed by atoms with Crippen molar-refractivity contribution >= 4 is 33.3 Å². The minimum Gasteiger partial charge on any atom is -0.329 e. The zero-order valence-corrected chi connectivity index (χ0v) is 17.5. The van der Waals surface area contributed by atoms with Gasteiger partial charge in [-0.1, -0.05) is 6.07 Å². The Morgan fingerprint density at radius 2 is 1.88 bits per heavy atom. The summed E-state index contributed by atoms with van der Waals surface area (Å²) in [6.45, 7) is 1.76. The number of nitrogens with one attached hydrogen (secondary N) is 2. The molecule has 11 heteroatoms. The number of benzene rings is 1. The number of hydrogen-bond donors (Lipinski definition) is 2. The van der Waals surface area contributed by atoms with E-state index in [1.54, 1.807) is 25.3 Å². The number of aromatic amines is 1. The highest BCUT2D eigenvalue weighted by Gasteiger charge is 2.41. The van der Waals surface area contributed by atoms with Crippen molar-refractivity contribution < 1.29 is 18.0 Å². The number of rotatable bonds is 3. The number of anilines is 1. The van der Waals surface area contributed by atoms with E-state index >= 15 is 0 Å². The third-order valence-electron chi connectivity index (χ3n) is 5.37. The number of carbonyl (C=O) groups is 1. The number of amides is 1. The van der Waals surface area contributed by atoms with Gasteiger partial charge in [-0.3, -0.25) is 19.6 Å². The van der Waals surface area contributed by atoms with Gasteiger partial charge in [-0.2, -0.15) is 18.3 Å². The molecule has 5 rings (SSSR count). The fraction of sp³-hybridized carbons (Fsp3) is 0.0870. The lowest BCUT2D eigenvalue weighted by molar-refractivity contribution is -0.143. The summed E-state index contributed by atoms with van der Waals surface area (Å²) in [6, 6.07) is 9.10. The molecule has 4 aromatic heterocycles. The number of carbonyl (C=O) groups excluding carboxylic acids is 1. The third-order valence-corrected chi connectivity index (χ3v) is 5.37. The van der Waals surface area contributed by atoms with Crippen LogP contribution in [0.1, 0.15) is 21.7 Å². The molecule has 0 aliphatic heterocycles. The summed E-state index contributed by atoms with van der Waals surface area (Å²) in [4.78, 5) is 35.9. The highest BCUT2D eigenvalue weighted by molar-refractivity contribution is 6.06. The van der Waals surface area contributed by atoms with Crippen LogP contribution in [0, 0.1) is 6.92 Å². The number of hydrogen-bond acceptors (Lipinski definition) is 5. The highest BCUT2D eigenvalue weighted by atomic mass is 19.4. The molecular formula is C23H15F3N6O2. The van der Waals surface area contributed by atoms with Crippen LogP contribution in [0.4, 0.5) is 18.9 Å². The zero-order chi connectivity index (χ0) is 24.0. The number of halogens is 3. The second-order valence-corrected chi connectivity index (χ2v) is 7.50. The fourth-order valence-electron chi connectivity index (χ4n) is 3.81. The molecule has 8 nitrogen and oxygen atoms in total. The quantitative estimate of drug-likeness (QED) is 0.416. The SMILES string of the molecule is Cc1nccc2ncc(NC(=O)c3cnn(-c4cccc5c(=O)[nH]ccc45)c3C(F)(F)F)cc12. The first-order valence-corrected chi connectivity index (χ1v) is 10.0. The lowest BCUT2D eigenvalue weighted by Gasteiger charge is -2.14. The first-order valence-electron chi connectivity index (χ1n) is 10.0. The van der Waals surface area contributed by atoms with Crippen molar-refractivity contribution in [3.05, 3.63) is 88.5 Å². The molecule has 0 bridgehead atoms. The van der Waals surface area contributed by atoms with Gasteiger partial charge in [0.1, 0.15) is 0 Å². The summed E-state index contributed by atoms with van der Waals surface area (Å²) in [5.74, 6) is -1.00. The lowest BCUT2D eigenvalue weighted by atomic mass is 10.1. The van der Waals surface area contributed by atoms with E-state index in [4.69, 9.17) is 0 Å². The maximum absolute atomic E-state index is 14.1. The van der Waals surface area contributed by atoms with Gasteiger partial charge in [-0.25, -0.2) is 4.68 Å². The van der Waals surface area contributed by atoms with Crippen molar-refractivity contribution in [2.24, 2.45) is 0 Å². The fourth-order valence-corrected chi connectivity index (χ4v) is 3.81. The summed E-state index contributed by atoms with van der Waals surface area (Å²) < 4.78 is 43.0. The summed E-state index contributed by atoms with van der Waals surface area (Å²) in [5, 5.41) is 7.43. The van der Waals surface area contributed by atoms with E-state index in [1.807, 2.05) is 0 Å². The van der Waals surface area contributed by atoms with Crippen LogP contribution in [-0.2, 0) is 6.18 Å². The average Bonchev–Trinajstić information content (AvgIpc) is 3.26. The standard InChI is InChI=1S/C23H15F3N6O2/c1-12-16-9-13(10-29-18(16)6-8-27-12)31-22(34)17-11-30-32(20(17)23(24,25)26)19-4-2-3-15-14(19)5-7-28-21(15)33/h2-11H,1H3,(H,28,33)(H,31,34). The third kappa shape index (κ3) is 3.56. The minimum atomic E-state index is -4.91. The van der Waals surface area contributed by atoms with Crippen LogP contribution in [0.15, 0.2) is 66.0 Å². The van der Waals surface area contributed by atoms with Gasteiger partial charge in [-0.15, -0.1) is 0 Å². The molecule has 4 heterocycles. The van der Waals surface area contributed by atoms with E-state index in [1.165, 1.54) is 36.7 Å². The number of fused-ring (bicyclic) bond motifs is 2. The van der Waals surface area contributed by atoms with Crippen molar-refractivity contribution in [1.29, 1.82) is 0 Å². The van der Waals surface area contributed by atoms with Gasteiger partial charge in [0, 0.05) is 34.2 Å². The average molecular weight is 464 g/mol. The Hall–Kier alpha value is -4.54. The molecule has 34 heavy (non-hydrogen) atoms. The van der Waals surface area contributed by atoms with Crippen LogP contribution >= 0.6 is 0 Å². The Labute approximate surface area is 189 Å². The molecule has 5 aromatic rings. The van der Waals surface area contributed by atoms with Crippen LogP contribution in [0.2, 0.25) is 0 Å². The van der Waals surface area contributed by atoms with E-state index in [0.29, 0.717) is 21.3 Å². The number of H-pyrrole nitrogens is 1. The van der Waals surface area contributed by atoms with Crippen molar-refractivity contribution in [3.63, 3.8) is 0 Å². The largest absolute Gasteiger partial charge is 0.434 e. The van der Waals surface area contributed by atoms with Gasteiger partial charge < -0.3 is 10.3 Å². The van der Waals surface area contributed by atoms with E-state index in [9.17, 15) is 22.8 Å². The number of nitrogens with zero attached hydrogens (tertiary/aromatic N) is 4. The number of alkyl halides is 3. The lowest BCUT2D eigenvalue weighted by Crippen LogP contribution is -2.21. The van der Waals surface area contributed by atoms with Gasteiger partial charge in [0.25, 0.3) is 11.5 Å². The number of aromatic nitrogens is 5. The maximum Gasteiger partial charge on any atom is 0.434 e. The van der Waals surface area contributed by atoms with Crippen molar-refractivity contribution in [3.8, 4) is 5.69 Å². The van der Waals surface area contributed by atoms with E-state index in [-0.39, 0.29) is 22.1 Å². The Bertz CT molecular complexity index is 1640. The predicted octanol–water partition coefficient (Wildman–Crippen LogP) is 4.24. The number of pyridine rings is 3. The summed E-state index contributed by atoms with van der Waals surface area (Å²) in [6.07, 6.45) is 0.227. The van der Waals surface area contributed by atoms with Crippen LogP contribution in [0.25, 0.3) is 27.4 Å². The molecule has 0 saturated heterocycles. The van der Waals surface area contributed by atoms with Crippen molar-refractivity contribution in [2.45, 2.75) is 13.1 Å². The molecule has 0 spiro atoms. The highest BCUT2D eigenvalue weighted by Crippen LogP contribution is 2.35. The predicted molar refractivity (Wildman–Crippen MR) is 119 cm³/mol. The van der Waals surface area contributed by atoms with Gasteiger partial charge in [0.2, 0.25) is 0 Å². The number of aryl methyl sites for hydroxylation is 1. The Morgan fingerprint density at radius 3 is 2.68 bits per heavy atom. The summed E-state index contributed by atoms with van der Waals surface area (Å²) >= 11 is 0. The van der Waals surface area contributed by atoms with Gasteiger partial charge in [0.05, 0.1) is 34.8 Å². The molecular weight excluding hydrogens is 449 g/mol. The normalized spacial score (nSPS) is 11.8. The molecule has 2 N–H and O–H groups in total. The van der Waals surface area contributed by atoms with E-state index < -0.39 is 28.9 Å². The van der Waals surface area contributed by atoms with Gasteiger partial charge in [0.15, 0.2) is 5.69 Å². The Kier molecular flexibility index (Phi) is 4.89. The first-order chi connectivity index (χ1) is 16.2. The van der Waals surface area contributed by atoms with Crippen molar-refractivity contribution in [2.75, 3.05) is 5.32 Å². The second kappa shape index (κ2) is 7.80. The smallest absolute Gasteiger partial charge is 0.329 e. The molecule has 1 amide bonds. The van der Waals surface area contributed by atoms with Gasteiger partial charge >= 0.3 is 6.18 Å². The van der Waals surface area contributed by atoms with Crippen molar-refractivity contribution in [1.82, 2.24) is 24.7 Å². The molecule has 0 unspecified atom stereocenters. The Morgan fingerprint density at radius 1 is 1.06 bits per heavy atom. The monoisotopic (exact) mass is 464 g/mol. The maximum atomic E-state index is 14.1. The molecule has 0 aliphatic rings. The van der Waals surface area contributed by atoms with Crippen LogP contribution in [-0.4, -0.2) is 30.6 Å². The van der Waals surface area contributed by atoms with Crippen LogP contribution in [0.5, 0.6) is 0 Å². The summed E-state index contributed by atoms with van der Waals surface area (Å²) in [5.41, 5.74) is -0.848. The molecule has 1 aromatic carbocycles. The Balaban J connectivity index is 1.60. The molecule has 0 radical (unpaired) electrons. The molecule has 0 saturated carbocycles. The first kappa shape index (κ1) is 21.3.